The maximum Gasteiger partial charge on any atom is 0.146 e. The SMILES string of the molecule is Nc1ccc(N2CCN(c3ncncc3Br)CC2)cn1. The number of hydrogen-bond acceptors (Lipinski definition) is 6. The number of anilines is 3. The van der Waals surface area contributed by atoms with Gasteiger partial charge >= 0.3 is 0 Å². The van der Waals surface area contributed by atoms with Crippen LogP contribution in [-0.2, 0) is 0 Å². The van der Waals surface area contributed by atoms with Crippen LogP contribution >= 0.6 is 15.9 Å². The summed E-state index contributed by atoms with van der Waals surface area (Å²) in [6, 6.07) is 3.85. The quantitative estimate of drug-likeness (QED) is 0.898. The second-order valence-corrected chi connectivity index (χ2v) is 5.46. The Bertz CT molecular complexity index is 580. The van der Waals surface area contributed by atoms with E-state index in [4.69, 9.17) is 5.73 Å². The molecule has 0 saturated carbocycles. The predicted octanol–water partition coefficient (Wildman–Crippen LogP) is 1.54. The van der Waals surface area contributed by atoms with Gasteiger partial charge in [0, 0.05) is 32.4 Å². The third-order valence-electron chi connectivity index (χ3n) is 3.36. The van der Waals surface area contributed by atoms with Crippen molar-refractivity contribution < 1.29 is 0 Å². The smallest absolute Gasteiger partial charge is 0.146 e. The first kappa shape index (κ1) is 13.1. The van der Waals surface area contributed by atoms with E-state index in [0.29, 0.717) is 5.82 Å². The Morgan fingerprint density at radius 2 is 1.75 bits per heavy atom. The van der Waals surface area contributed by atoms with Gasteiger partial charge in [0.25, 0.3) is 0 Å². The van der Waals surface area contributed by atoms with E-state index < -0.39 is 0 Å². The molecule has 1 saturated heterocycles. The molecule has 2 aromatic rings. The van der Waals surface area contributed by atoms with Crippen LogP contribution in [0.25, 0.3) is 0 Å². The predicted molar refractivity (Wildman–Crippen MR) is 82.8 cm³/mol. The van der Waals surface area contributed by atoms with Crippen LogP contribution < -0.4 is 15.5 Å². The van der Waals surface area contributed by atoms with Crippen LogP contribution in [0.5, 0.6) is 0 Å². The lowest BCUT2D eigenvalue weighted by atomic mass is 10.2. The van der Waals surface area contributed by atoms with E-state index in [2.05, 4.69) is 40.7 Å². The summed E-state index contributed by atoms with van der Waals surface area (Å²) in [4.78, 5) is 17.0. The molecule has 0 atom stereocenters. The van der Waals surface area contributed by atoms with Crippen molar-refractivity contribution in [2.24, 2.45) is 0 Å². The van der Waals surface area contributed by atoms with Crippen LogP contribution in [0.15, 0.2) is 35.3 Å². The number of pyridine rings is 1. The second-order valence-electron chi connectivity index (χ2n) is 4.61. The zero-order valence-electron chi connectivity index (χ0n) is 10.9. The van der Waals surface area contributed by atoms with Gasteiger partial charge in [-0.25, -0.2) is 15.0 Å². The summed E-state index contributed by atoms with van der Waals surface area (Å²) >= 11 is 3.50. The Morgan fingerprint density at radius 1 is 1.00 bits per heavy atom. The molecule has 0 bridgehead atoms. The molecule has 0 amide bonds. The standard InChI is InChI=1S/C13H15BrN6/c14-11-8-16-9-18-13(11)20-5-3-19(4-6-20)10-1-2-12(15)17-7-10/h1-2,7-9H,3-6H2,(H2,15,17). The second kappa shape index (κ2) is 5.62. The zero-order valence-corrected chi connectivity index (χ0v) is 12.5. The largest absolute Gasteiger partial charge is 0.384 e. The van der Waals surface area contributed by atoms with Crippen molar-refractivity contribution in [1.29, 1.82) is 0 Å². The molecule has 0 unspecified atom stereocenters. The van der Waals surface area contributed by atoms with Gasteiger partial charge in [0.1, 0.15) is 18.0 Å². The van der Waals surface area contributed by atoms with Gasteiger partial charge in [-0.15, -0.1) is 0 Å². The molecule has 7 heteroatoms. The number of nitrogens with zero attached hydrogens (tertiary/aromatic N) is 5. The summed E-state index contributed by atoms with van der Waals surface area (Å²) in [7, 11) is 0. The molecular formula is C13H15BrN6. The van der Waals surface area contributed by atoms with Gasteiger partial charge in [-0.1, -0.05) is 0 Å². The summed E-state index contributed by atoms with van der Waals surface area (Å²) in [6.45, 7) is 3.70. The van der Waals surface area contributed by atoms with Crippen molar-refractivity contribution in [1.82, 2.24) is 15.0 Å². The van der Waals surface area contributed by atoms with Gasteiger partial charge in [0.2, 0.25) is 0 Å². The molecule has 0 radical (unpaired) electrons. The molecule has 2 aromatic heterocycles. The van der Waals surface area contributed by atoms with Crippen LogP contribution in [-0.4, -0.2) is 41.1 Å². The number of hydrogen-bond donors (Lipinski definition) is 1. The molecule has 3 rings (SSSR count). The lowest BCUT2D eigenvalue weighted by Gasteiger charge is -2.36. The topological polar surface area (TPSA) is 71.2 Å². The Labute approximate surface area is 125 Å². The Kier molecular flexibility index (Phi) is 3.68. The van der Waals surface area contributed by atoms with Crippen LogP contribution in [0.4, 0.5) is 17.3 Å². The highest BCUT2D eigenvalue weighted by Crippen LogP contribution is 2.24. The van der Waals surface area contributed by atoms with E-state index in [1.807, 2.05) is 18.3 Å². The van der Waals surface area contributed by atoms with E-state index in [9.17, 15) is 0 Å². The molecule has 2 N–H and O–H groups in total. The Morgan fingerprint density at radius 3 is 2.40 bits per heavy atom. The fourth-order valence-corrected chi connectivity index (χ4v) is 2.77. The fourth-order valence-electron chi connectivity index (χ4n) is 2.30. The number of nitrogen functional groups attached to an aromatic ring is 1. The normalized spacial score (nSPS) is 15.4. The highest BCUT2D eigenvalue weighted by molar-refractivity contribution is 9.10. The van der Waals surface area contributed by atoms with Crippen LogP contribution in [0, 0.1) is 0 Å². The van der Waals surface area contributed by atoms with Crippen molar-refractivity contribution in [2.45, 2.75) is 0 Å². The molecule has 0 spiro atoms. The lowest BCUT2D eigenvalue weighted by Crippen LogP contribution is -2.47. The van der Waals surface area contributed by atoms with E-state index in [-0.39, 0.29) is 0 Å². The minimum atomic E-state index is 0.553. The molecule has 0 aromatic carbocycles. The van der Waals surface area contributed by atoms with Crippen LogP contribution in [0.1, 0.15) is 0 Å². The molecule has 1 aliphatic rings. The summed E-state index contributed by atoms with van der Waals surface area (Å²) < 4.78 is 0.933. The highest BCUT2D eigenvalue weighted by Gasteiger charge is 2.20. The van der Waals surface area contributed by atoms with Gasteiger partial charge in [-0.05, 0) is 28.1 Å². The van der Waals surface area contributed by atoms with Crippen molar-refractivity contribution in [2.75, 3.05) is 41.7 Å². The molecular weight excluding hydrogens is 320 g/mol. The average molecular weight is 335 g/mol. The van der Waals surface area contributed by atoms with Crippen molar-refractivity contribution in [3.05, 3.63) is 35.3 Å². The molecule has 6 nitrogen and oxygen atoms in total. The maximum absolute atomic E-state index is 5.61. The number of rotatable bonds is 2. The van der Waals surface area contributed by atoms with Gasteiger partial charge < -0.3 is 15.5 Å². The summed E-state index contributed by atoms with van der Waals surface area (Å²) in [6.07, 6.45) is 5.18. The third kappa shape index (κ3) is 2.67. The number of piperazine rings is 1. The van der Waals surface area contributed by atoms with E-state index in [1.165, 1.54) is 0 Å². The molecule has 20 heavy (non-hydrogen) atoms. The van der Waals surface area contributed by atoms with Crippen molar-refractivity contribution >= 4 is 33.3 Å². The monoisotopic (exact) mass is 334 g/mol. The molecule has 3 heterocycles. The third-order valence-corrected chi connectivity index (χ3v) is 3.92. The first-order valence-corrected chi connectivity index (χ1v) is 7.20. The minimum Gasteiger partial charge on any atom is -0.384 e. The van der Waals surface area contributed by atoms with E-state index >= 15 is 0 Å². The van der Waals surface area contributed by atoms with Gasteiger partial charge in [0.15, 0.2) is 0 Å². The first-order chi connectivity index (χ1) is 9.74. The van der Waals surface area contributed by atoms with E-state index in [0.717, 1.165) is 42.2 Å². The molecule has 0 aliphatic carbocycles. The van der Waals surface area contributed by atoms with E-state index in [1.54, 1.807) is 12.5 Å². The maximum atomic E-state index is 5.61. The van der Waals surface area contributed by atoms with Gasteiger partial charge in [0.05, 0.1) is 16.4 Å². The summed E-state index contributed by atoms with van der Waals surface area (Å²) in [5.74, 6) is 1.51. The summed E-state index contributed by atoms with van der Waals surface area (Å²) in [5.41, 5.74) is 6.73. The van der Waals surface area contributed by atoms with Gasteiger partial charge in [-0.2, -0.15) is 0 Å². The summed E-state index contributed by atoms with van der Waals surface area (Å²) in [5, 5.41) is 0. The molecule has 1 aliphatic heterocycles. The molecule has 1 fully saturated rings. The number of halogens is 1. The average Bonchev–Trinajstić information content (AvgIpc) is 2.49. The lowest BCUT2D eigenvalue weighted by molar-refractivity contribution is 0.645. The number of aromatic nitrogens is 3. The first-order valence-electron chi connectivity index (χ1n) is 6.41. The Balaban J connectivity index is 1.68. The molecule has 104 valence electrons. The van der Waals surface area contributed by atoms with Crippen molar-refractivity contribution in [3.8, 4) is 0 Å². The number of nitrogens with two attached hydrogens (primary N) is 1. The van der Waals surface area contributed by atoms with Crippen molar-refractivity contribution in [3.63, 3.8) is 0 Å². The van der Waals surface area contributed by atoms with Crippen LogP contribution in [0.2, 0.25) is 0 Å². The van der Waals surface area contributed by atoms with Crippen LogP contribution in [0.3, 0.4) is 0 Å². The van der Waals surface area contributed by atoms with Gasteiger partial charge in [-0.3, -0.25) is 0 Å². The Hall–Kier alpha value is -1.89. The fraction of sp³-hybridized carbons (Fsp3) is 0.308. The minimum absolute atomic E-state index is 0.553. The highest BCUT2D eigenvalue weighted by atomic mass is 79.9. The zero-order chi connectivity index (χ0) is 13.9.